The van der Waals surface area contributed by atoms with Crippen LogP contribution in [0.5, 0.6) is 0 Å². The first-order chi connectivity index (χ1) is 11.7. The van der Waals surface area contributed by atoms with Gasteiger partial charge in [0, 0.05) is 23.7 Å². The number of carbonyl (C=O) groups excluding carboxylic acids is 3. The van der Waals surface area contributed by atoms with Crippen LogP contribution in [-0.2, 0) is 19.1 Å². The van der Waals surface area contributed by atoms with Crippen LogP contribution in [0.25, 0.3) is 0 Å². The summed E-state index contributed by atoms with van der Waals surface area (Å²) in [5.41, 5.74) is -0.00694. The molecule has 0 saturated heterocycles. The minimum atomic E-state index is -0.569. The van der Waals surface area contributed by atoms with Gasteiger partial charge >= 0.3 is 12.1 Å². The number of esters is 1. The van der Waals surface area contributed by atoms with Crippen LogP contribution in [0, 0.1) is 0 Å². The third-order valence-corrected chi connectivity index (χ3v) is 2.97. The second-order valence-corrected chi connectivity index (χ2v) is 6.68. The summed E-state index contributed by atoms with van der Waals surface area (Å²) in [7, 11) is 0. The number of halogens is 1. The minimum absolute atomic E-state index is 0.0873. The molecule has 0 bridgehead atoms. The topological polar surface area (TPSA) is 93.7 Å². The quantitative estimate of drug-likeness (QED) is 0.568. The highest BCUT2D eigenvalue weighted by Gasteiger charge is 2.15. The van der Waals surface area contributed by atoms with E-state index >= 15 is 0 Å². The smallest absolute Gasteiger partial charge is 0.407 e. The summed E-state index contributed by atoms with van der Waals surface area (Å²) in [6.45, 7) is 5.19. The molecule has 1 aromatic rings. The van der Waals surface area contributed by atoms with Gasteiger partial charge in [-0.2, -0.15) is 0 Å². The van der Waals surface area contributed by atoms with Crippen LogP contribution in [0.1, 0.15) is 33.6 Å². The molecule has 2 amide bonds. The lowest BCUT2D eigenvalue weighted by Gasteiger charge is -2.19. The van der Waals surface area contributed by atoms with Crippen molar-refractivity contribution >= 4 is 35.3 Å². The molecule has 0 radical (unpaired) electrons. The Kier molecular flexibility index (Phi) is 8.21. The molecule has 0 aliphatic rings. The van der Waals surface area contributed by atoms with Crippen molar-refractivity contribution < 1.29 is 23.9 Å². The molecule has 2 N–H and O–H groups in total. The second kappa shape index (κ2) is 9.88. The van der Waals surface area contributed by atoms with Gasteiger partial charge in [-0.05, 0) is 51.5 Å². The summed E-state index contributed by atoms with van der Waals surface area (Å²) in [4.78, 5) is 34.6. The Labute approximate surface area is 152 Å². The van der Waals surface area contributed by atoms with Gasteiger partial charge in [0.2, 0.25) is 0 Å². The van der Waals surface area contributed by atoms with Gasteiger partial charge in [-0.1, -0.05) is 11.6 Å². The van der Waals surface area contributed by atoms with Crippen LogP contribution in [-0.4, -0.2) is 36.7 Å². The first kappa shape index (κ1) is 20.8. The van der Waals surface area contributed by atoms with E-state index in [4.69, 9.17) is 21.1 Å². The van der Waals surface area contributed by atoms with Crippen molar-refractivity contribution in [1.82, 2.24) is 5.32 Å². The van der Waals surface area contributed by atoms with E-state index in [1.54, 1.807) is 45.0 Å². The molecule has 0 spiro atoms. The lowest BCUT2D eigenvalue weighted by Crippen LogP contribution is -2.33. The van der Waals surface area contributed by atoms with Gasteiger partial charge in [0.15, 0.2) is 6.61 Å². The molecule has 0 aromatic heterocycles. The summed E-state index contributed by atoms with van der Waals surface area (Å²) >= 11 is 5.75. The largest absolute Gasteiger partial charge is 0.456 e. The molecular weight excluding hydrogens is 348 g/mol. The van der Waals surface area contributed by atoms with Crippen LogP contribution >= 0.6 is 11.6 Å². The van der Waals surface area contributed by atoms with Crippen LogP contribution in [0.15, 0.2) is 24.3 Å². The molecule has 25 heavy (non-hydrogen) atoms. The lowest BCUT2D eigenvalue weighted by atomic mass is 10.2. The van der Waals surface area contributed by atoms with E-state index in [1.165, 1.54) is 0 Å². The van der Waals surface area contributed by atoms with Crippen LogP contribution in [0.4, 0.5) is 10.5 Å². The highest BCUT2D eigenvalue weighted by atomic mass is 35.5. The maximum atomic E-state index is 11.7. The zero-order chi connectivity index (χ0) is 18.9. The number of hydrogen-bond acceptors (Lipinski definition) is 5. The van der Waals surface area contributed by atoms with E-state index in [9.17, 15) is 14.4 Å². The average Bonchev–Trinajstić information content (AvgIpc) is 2.50. The predicted molar refractivity (Wildman–Crippen MR) is 94.5 cm³/mol. The Morgan fingerprint density at radius 3 is 2.36 bits per heavy atom. The van der Waals surface area contributed by atoms with Crippen molar-refractivity contribution in [3.8, 4) is 0 Å². The first-order valence-electron chi connectivity index (χ1n) is 7.83. The number of benzene rings is 1. The van der Waals surface area contributed by atoms with Gasteiger partial charge in [-0.25, -0.2) is 4.79 Å². The molecule has 0 aliphatic carbocycles. The van der Waals surface area contributed by atoms with Crippen molar-refractivity contribution in [2.75, 3.05) is 18.5 Å². The van der Waals surface area contributed by atoms with E-state index < -0.39 is 23.6 Å². The maximum Gasteiger partial charge on any atom is 0.407 e. The van der Waals surface area contributed by atoms with Gasteiger partial charge in [0.05, 0.1) is 0 Å². The number of amides is 2. The standard InChI is InChI=1S/C17H23ClN2O5/c1-17(2,3)25-16(23)19-10-4-5-15(22)24-11-14(21)20-13-8-6-12(18)7-9-13/h6-9H,4-5,10-11H2,1-3H3,(H,19,23)(H,20,21). The fraction of sp³-hybridized carbons (Fsp3) is 0.471. The fourth-order valence-corrected chi connectivity index (χ4v) is 1.81. The Morgan fingerprint density at radius 1 is 1.12 bits per heavy atom. The Balaban J connectivity index is 2.15. The van der Waals surface area contributed by atoms with Crippen LogP contribution in [0.2, 0.25) is 5.02 Å². The van der Waals surface area contributed by atoms with Gasteiger partial charge < -0.3 is 20.1 Å². The zero-order valence-corrected chi connectivity index (χ0v) is 15.3. The second-order valence-electron chi connectivity index (χ2n) is 6.25. The van der Waals surface area contributed by atoms with E-state index in [0.29, 0.717) is 17.1 Å². The monoisotopic (exact) mass is 370 g/mol. The van der Waals surface area contributed by atoms with Crippen LogP contribution < -0.4 is 10.6 Å². The molecule has 0 heterocycles. The van der Waals surface area contributed by atoms with Gasteiger partial charge in [0.1, 0.15) is 5.60 Å². The summed E-state index contributed by atoms with van der Waals surface area (Å²) in [5.74, 6) is -0.959. The first-order valence-corrected chi connectivity index (χ1v) is 8.21. The molecule has 0 saturated carbocycles. The number of alkyl carbamates (subject to hydrolysis) is 1. The molecule has 0 atom stereocenters. The Morgan fingerprint density at radius 2 is 1.76 bits per heavy atom. The number of rotatable bonds is 7. The molecule has 0 unspecified atom stereocenters. The van der Waals surface area contributed by atoms with E-state index in [0.717, 1.165) is 0 Å². The SMILES string of the molecule is CC(C)(C)OC(=O)NCCCC(=O)OCC(=O)Nc1ccc(Cl)cc1. The maximum absolute atomic E-state index is 11.7. The molecule has 0 fully saturated rings. The van der Waals surface area contributed by atoms with Crippen molar-refractivity contribution in [3.05, 3.63) is 29.3 Å². The summed E-state index contributed by atoms with van der Waals surface area (Å²) < 4.78 is 9.93. The molecule has 0 aliphatic heterocycles. The molecule has 1 rings (SSSR count). The molecule has 138 valence electrons. The van der Waals surface area contributed by atoms with Gasteiger partial charge in [0.25, 0.3) is 5.91 Å². The normalized spacial score (nSPS) is 10.7. The van der Waals surface area contributed by atoms with E-state index in [-0.39, 0.29) is 19.6 Å². The Hall–Kier alpha value is -2.28. The van der Waals surface area contributed by atoms with Crippen molar-refractivity contribution in [3.63, 3.8) is 0 Å². The summed E-state index contributed by atoms with van der Waals surface area (Å²) in [6.07, 6.45) is -0.0656. The highest BCUT2D eigenvalue weighted by Crippen LogP contribution is 2.13. The molecule has 8 heteroatoms. The van der Waals surface area contributed by atoms with Crippen molar-refractivity contribution in [1.29, 1.82) is 0 Å². The zero-order valence-electron chi connectivity index (χ0n) is 14.6. The minimum Gasteiger partial charge on any atom is -0.456 e. The number of hydrogen-bond donors (Lipinski definition) is 2. The van der Waals surface area contributed by atoms with Crippen molar-refractivity contribution in [2.45, 2.75) is 39.2 Å². The number of nitrogens with one attached hydrogen (secondary N) is 2. The fourth-order valence-electron chi connectivity index (χ4n) is 1.69. The third-order valence-electron chi connectivity index (χ3n) is 2.72. The summed E-state index contributed by atoms with van der Waals surface area (Å²) in [6, 6.07) is 6.57. The number of carbonyl (C=O) groups is 3. The van der Waals surface area contributed by atoms with E-state index in [2.05, 4.69) is 10.6 Å². The molecule has 1 aromatic carbocycles. The van der Waals surface area contributed by atoms with Gasteiger partial charge in [-0.15, -0.1) is 0 Å². The molecule has 7 nitrogen and oxygen atoms in total. The number of anilines is 1. The van der Waals surface area contributed by atoms with E-state index in [1.807, 2.05) is 0 Å². The average molecular weight is 371 g/mol. The number of ether oxygens (including phenoxy) is 2. The lowest BCUT2D eigenvalue weighted by molar-refractivity contribution is -0.147. The third kappa shape index (κ3) is 10.2. The Bertz CT molecular complexity index is 596. The molecular formula is C17H23ClN2O5. The predicted octanol–water partition coefficient (Wildman–Crippen LogP) is 3.13. The van der Waals surface area contributed by atoms with Crippen molar-refractivity contribution in [2.24, 2.45) is 0 Å². The van der Waals surface area contributed by atoms with Crippen LogP contribution in [0.3, 0.4) is 0 Å². The highest BCUT2D eigenvalue weighted by molar-refractivity contribution is 6.30. The summed E-state index contributed by atoms with van der Waals surface area (Å²) in [5, 5.41) is 5.68. The van der Waals surface area contributed by atoms with Gasteiger partial charge in [-0.3, -0.25) is 9.59 Å².